The first-order valence-corrected chi connectivity index (χ1v) is 8.83. The topological polar surface area (TPSA) is 59.7 Å². The summed E-state index contributed by atoms with van der Waals surface area (Å²) >= 11 is 0. The number of hydrogen-bond acceptors (Lipinski definition) is 4. The average Bonchev–Trinajstić information content (AvgIpc) is 2.62. The van der Waals surface area contributed by atoms with Crippen molar-refractivity contribution in [2.24, 2.45) is 0 Å². The van der Waals surface area contributed by atoms with Crippen LogP contribution in [0.3, 0.4) is 0 Å². The van der Waals surface area contributed by atoms with E-state index in [-0.39, 0.29) is 17.3 Å². The van der Waals surface area contributed by atoms with Gasteiger partial charge in [-0.1, -0.05) is 0 Å². The molecule has 7 heteroatoms. The number of nitrogens with zero attached hydrogens (tertiary/aromatic N) is 3. The molecule has 4 rings (SSSR count). The molecule has 0 saturated carbocycles. The molecular weight excluding hydrogens is 335 g/mol. The van der Waals surface area contributed by atoms with Gasteiger partial charge in [0.05, 0.1) is 5.56 Å². The number of likely N-dealkylation sites (tertiary alicyclic amines) is 1. The van der Waals surface area contributed by atoms with Gasteiger partial charge < -0.3 is 14.8 Å². The Balaban J connectivity index is 1.28. The zero-order chi connectivity index (χ0) is 18.1. The fourth-order valence-corrected chi connectivity index (χ4v) is 3.58. The Morgan fingerprint density at radius 1 is 1.00 bits per heavy atom. The van der Waals surface area contributed by atoms with Crippen LogP contribution in [0.5, 0.6) is 0 Å². The number of H-pyrrole nitrogens is 1. The second-order valence-corrected chi connectivity index (χ2v) is 6.80. The van der Waals surface area contributed by atoms with Crippen molar-refractivity contribution >= 4 is 11.6 Å². The Morgan fingerprint density at radius 2 is 1.69 bits per heavy atom. The molecule has 0 radical (unpaired) electrons. The lowest BCUT2D eigenvalue weighted by Gasteiger charge is -2.48. The summed E-state index contributed by atoms with van der Waals surface area (Å²) in [7, 11) is 0. The zero-order valence-electron chi connectivity index (χ0n) is 14.4. The minimum Gasteiger partial charge on any atom is -0.369 e. The van der Waals surface area contributed by atoms with E-state index in [1.165, 1.54) is 24.4 Å². The van der Waals surface area contributed by atoms with E-state index < -0.39 is 0 Å². The van der Waals surface area contributed by atoms with Crippen LogP contribution in [-0.4, -0.2) is 66.0 Å². The molecule has 0 unspecified atom stereocenters. The van der Waals surface area contributed by atoms with E-state index in [9.17, 15) is 14.0 Å². The molecule has 1 aromatic carbocycles. The van der Waals surface area contributed by atoms with Crippen LogP contribution in [0.15, 0.2) is 47.4 Å². The molecule has 3 heterocycles. The van der Waals surface area contributed by atoms with Crippen molar-refractivity contribution in [3.05, 3.63) is 64.3 Å². The number of aromatic nitrogens is 1. The van der Waals surface area contributed by atoms with Crippen molar-refractivity contribution in [1.29, 1.82) is 0 Å². The number of carbonyl (C=O) groups is 1. The van der Waals surface area contributed by atoms with Crippen molar-refractivity contribution in [3.8, 4) is 0 Å². The molecule has 2 fully saturated rings. The highest BCUT2D eigenvalue weighted by molar-refractivity contribution is 5.94. The molecule has 1 N–H and O–H groups in total. The standard InChI is InChI=1S/C19H21FN4O2/c20-15-2-4-16(5-3-15)22-7-9-23(10-8-22)17-12-24(13-17)19(26)14-1-6-18(25)21-11-14/h1-6,11,17H,7-10,12-13H2,(H,21,25). The van der Waals surface area contributed by atoms with E-state index in [0.29, 0.717) is 24.7 Å². The Kier molecular flexibility index (Phi) is 4.46. The molecule has 1 amide bonds. The van der Waals surface area contributed by atoms with Crippen LogP contribution in [-0.2, 0) is 0 Å². The van der Waals surface area contributed by atoms with Crippen LogP contribution < -0.4 is 10.5 Å². The average molecular weight is 356 g/mol. The molecular formula is C19H21FN4O2. The summed E-state index contributed by atoms with van der Waals surface area (Å²) in [5, 5.41) is 0. The first-order valence-electron chi connectivity index (χ1n) is 8.83. The first-order chi connectivity index (χ1) is 12.6. The van der Waals surface area contributed by atoms with Crippen molar-refractivity contribution in [2.75, 3.05) is 44.2 Å². The van der Waals surface area contributed by atoms with E-state index >= 15 is 0 Å². The van der Waals surface area contributed by atoms with Crippen LogP contribution in [0.2, 0.25) is 0 Å². The third-order valence-corrected chi connectivity index (χ3v) is 5.20. The number of amides is 1. The van der Waals surface area contributed by atoms with Gasteiger partial charge in [-0.05, 0) is 30.3 Å². The highest BCUT2D eigenvalue weighted by Crippen LogP contribution is 2.22. The molecule has 0 bridgehead atoms. The third kappa shape index (κ3) is 3.35. The van der Waals surface area contributed by atoms with Gasteiger partial charge in [-0.2, -0.15) is 0 Å². The third-order valence-electron chi connectivity index (χ3n) is 5.20. The van der Waals surface area contributed by atoms with E-state index in [0.717, 1.165) is 31.9 Å². The molecule has 0 spiro atoms. The molecule has 26 heavy (non-hydrogen) atoms. The van der Waals surface area contributed by atoms with Gasteiger partial charge in [-0.3, -0.25) is 14.5 Å². The van der Waals surface area contributed by atoms with Gasteiger partial charge >= 0.3 is 0 Å². The number of pyridine rings is 1. The summed E-state index contributed by atoms with van der Waals surface area (Å²) in [6, 6.07) is 9.95. The monoisotopic (exact) mass is 356 g/mol. The summed E-state index contributed by atoms with van der Waals surface area (Å²) in [5.41, 5.74) is 1.36. The number of anilines is 1. The fraction of sp³-hybridized carbons (Fsp3) is 0.368. The number of nitrogens with one attached hydrogen (secondary N) is 1. The van der Waals surface area contributed by atoms with Crippen LogP contribution in [0.1, 0.15) is 10.4 Å². The molecule has 0 aliphatic carbocycles. The van der Waals surface area contributed by atoms with Crippen LogP contribution in [0.4, 0.5) is 10.1 Å². The van der Waals surface area contributed by atoms with Crippen molar-refractivity contribution in [2.45, 2.75) is 6.04 Å². The van der Waals surface area contributed by atoms with Crippen LogP contribution in [0.25, 0.3) is 0 Å². The van der Waals surface area contributed by atoms with Gasteiger partial charge in [0.25, 0.3) is 5.91 Å². The summed E-state index contributed by atoms with van der Waals surface area (Å²) in [6.45, 7) is 5.10. The molecule has 1 aromatic heterocycles. The molecule has 6 nitrogen and oxygen atoms in total. The maximum Gasteiger partial charge on any atom is 0.255 e. The van der Waals surface area contributed by atoms with Crippen molar-refractivity contribution in [1.82, 2.24) is 14.8 Å². The molecule has 2 aliphatic rings. The Morgan fingerprint density at radius 3 is 2.31 bits per heavy atom. The summed E-state index contributed by atoms with van der Waals surface area (Å²) < 4.78 is 13.0. The van der Waals surface area contributed by atoms with E-state index in [4.69, 9.17) is 0 Å². The minimum absolute atomic E-state index is 0.0394. The normalized spacial score (nSPS) is 18.7. The number of halogens is 1. The van der Waals surface area contributed by atoms with Gasteiger partial charge in [0.2, 0.25) is 5.56 Å². The number of carbonyl (C=O) groups excluding carboxylic acids is 1. The van der Waals surface area contributed by atoms with E-state index in [1.54, 1.807) is 6.07 Å². The maximum absolute atomic E-state index is 13.0. The van der Waals surface area contributed by atoms with Crippen molar-refractivity contribution in [3.63, 3.8) is 0 Å². The molecule has 2 aromatic rings. The van der Waals surface area contributed by atoms with Gasteiger partial charge in [0.1, 0.15) is 5.82 Å². The maximum atomic E-state index is 13.0. The Bertz CT molecular complexity index is 817. The zero-order valence-corrected chi connectivity index (χ0v) is 14.4. The predicted octanol–water partition coefficient (Wildman–Crippen LogP) is 1.16. The highest BCUT2D eigenvalue weighted by atomic mass is 19.1. The van der Waals surface area contributed by atoms with Gasteiger partial charge in [-0.25, -0.2) is 4.39 Å². The lowest BCUT2D eigenvalue weighted by molar-refractivity contribution is 0.0246. The number of piperazine rings is 1. The number of benzene rings is 1. The van der Waals surface area contributed by atoms with E-state index in [1.807, 2.05) is 17.0 Å². The fourth-order valence-electron chi connectivity index (χ4n) is 3.58. The van der Waals surface area contributed by atoms with Crippen LogP contribution >= 0.6 is 0 Å². The van der Waals surface area contributed by atoms with Gasteiger partial charge in [0, 0.05) is 63.3 Å². The second kappa shape index (κ2) is 6.92. The number of hydrogen-bond donors (Lipinski definition) is 1. The predicted molar refractivity (Wildman–Crippen MR) is 96.9 cm³/mol. The minimum atomic E-state index is -0.214. The molecule has 0 atom stereocenters. The van der Waals surface area contributed by atoms with Gasteiger partial charge in [0.15, 0.2) is 0 Å². The van der Waals surface area contributed by atoms with Gasteiger partial charge in [-0.15, -0.1) is 0 Å². The summed E-state index contributed by atoms with van der Waals surface area (Å²) in [5.74, 6) is -0.253. The Hall–Kier alpha value is -2.67. The van der Waals surface area contributed by atoms with E-state index in [2.05, 4.69) is 14.8 Å². The lowest BCUT2D eigenvalue weighted by atomic mass is 10.0. The molecule has 136 valence electrons. The molecule has 2 saturated heterocycles. The van der Waals surface area contributed by atoms with Crippen LogP contribution in [0, 0.1) is 5.82 Å². The summed E-state index contributed by atoms with van der Waals surface area (Å²) in [6.07, 6.45) is 1.47. The molecule has 2 aliphatic heterocycles. The highest BCUT2D eigenvalue weighted by Gasteiger charge is 2.36. The SMILES string of the molecule is O=C(c1ccc(=O)[nH]c1)N1CC(N2CCN(c3ccc(F)cc3)CC2)C1. The summed E-state index contributed by atoms with van der Waals surface area (Å²) in [4.78, 5) is 32.5. The van der Waals surface area contributed by atoms with Crippen molar-refractivity contribution < 1.29 is 9.18 Å². The number of rotatable bonds is 3. The lowest BCUT2D eigenvalue weighted by Crippen LogP contribution is -2.64. The first kappa shape index (κ1) is 16.8. The largest absolute Gasteiger partial charge is 0.369 e. The smallest absolute Gasteiger partial charge is 0.255 e. The second-order valence-electron chi connectivity index (χ2n) is 6.80. The quantitative estimate of drug-likeness (QED) is 0.897. The number of aromatic amines is 1. The Labute approximate surface area is 150 Å².